The van der Waals surface area contributed by atoms with Gasteiger partial charge in [0.2, 0.25) is 0 Å². The normalized spacial score (nSPS) is 12.9. The second kappa shape index (κ2) is 6.33. The highest BCUT2D eigenvalue weighted by molar-refractivity contribution is 5.66. The predicted molar refractivity (Wildman–Crippen MR) is 92.7 cm³/mol. The molecule has 3 aromatic rings. The summed E-state index contributed by atoms with van der Waals surface area (Å²) in [6.07, 6.45) is 3.42. The fourth-order valence-electron chi connectivity index (χ4n) is 2.49. The molecule has 23 heavy (non-hydrogen) atoms. The minimum Gasteiger partial charge on any atom is -0.364 e. The predicted octanol–water partition coefficient (Wildman–Crippen LogP) is 4.60. The van der Waals surface area contributed by atoms with E-state index >= 15 is 0 Å². The summed E-state index contributed by atoms with van der Waals surface area (Å²) in [5.41, 5.74) is 3.25. The van der Waals surface area contributed by atoms with Crippen LogP contribution in [0.2, 0.25) is 0 Å². The molecule has 112 valence electrons. The second-order valence-electron chi connectivity index (χ2n) is 5.55. The van der Waals surface area contributed by atoms with Crippen molar-refractivity contribution in [2.24, 2.45) is 0 Å². The Bertz CT molecular complexity index is 805. The van der Waals surface area contributed by atoms with Crippen molar-refractivity contribution in [3.8, 4) is 17.2 Å². The lowest BCUT2D eigenvalue weighted by atomic mass is 9.94. The second-order valence-corrected chi connectivity index (χ2v) is 5.55. The largest absolute Gasteiger partial charge is 0.364 e. The molecule has 0 aliphatic rings. The number of pyridine rings is 1. The number of hydrogen-bond acceptors (Lipinski definition) is 3. The number of nitriles is 1. The van der Waals surface area contributed by atoms with Crippen molar-refractivity contribution in [3.05, 3.63) is 84.7 Å². The van der Waals surface area contributed by atoms with Crippen LogP contribution in [0.15, 0.2) is 79.1 Å². The van der Waals surface area contributed by atoms with Gasteiger partial charge in [0, 0.05) is 23.6 Å². The summed E-state index contributed by atoms with van der Waals surface area (Å²) in [4.78, 5) is 4.10. The Morgan fingerprint density at radius 3 is 2.22 bits per heavy atom. The minimum atomic E-state index is -0.817. The first kappa shape index (κ1) is 14.8. The molecule has 1 atom stereocenters. The third kappa shape index (κ3) is 3.22. The summed E-state index contributed by atoms with van der Waals surface area (Å²) in [7, 11) is 0. The molecule has 0 saturated carbocycles. The Balaban J connectivity index is 1.84. The molecule has 1 aromatic heterocycles. The van der Waals surface area contributed by atoms with Crippen LogP contribution in [0.5, 0.6) is 0 Å². The fourth-order valence-corrected chi connectivity index (χ4v) is 2.49. The Kier molecular flexibility index (Phi) is 4.07. The molecule has 0 spiro atoms. The highest BCUT2D eigenvalue weighted by Gasteiger charge is 2.26. The van der Waals surface area contributed by atoms with E-state index in [0.29, 0.717) is 0 Å². The van der Waals surface area contributed by atoms with Crippen LogP contribution in [0.3, 0.4) is 0 Å². The maximum Gasteiger partial charge on any atom is 0.149 e. The molecular formula is C20H17N3. The molecule has 1 unspecified atom stereocenters. The lowest BCUT2D eigenvalue weighted by Gasteiger charge is -2.24. The number of anilines is 1. The Morgan fingerprint density at radius 1 is 0.913 bits per heavy atom. The number of benzene rings is 2. The molecular weight excluding hydrogens is 282 g/mol. The Morgan fingerprint density at radius 2 is 1.61 bits per heavy atom. The van der Waals surface area contributed by atoms with E-state index in [0.717, 1.165) is 16.8 Å². The van der Waals surface area contributed by atoms with Crippen LogP contribution in [-0.4, -0.2) is 4.98 Å². The topological polar surface area (TPSA) is 48.7 Å². The van der Waals surface area contributed by atoms with Gasteiger partial charge in [0.15, 0.2) is 0 Å². The van der Waals surface area contributed by atoms with Crippen LogP contribution in [0.25, 0.3) is 11.1 Å². The van der Waals surface area contributed by atoms with Gasteiger partial charge in [-0.3, -0.25) is 4.98 Å². The lowest BCUT2D eigenvalue weighted by Crippen LogP contribution is -2.30. The number of hydrogen-bond donors (Lipinski definition) is 1. The van der Waals surface area contributed by atoms with E-state index in [4.69, 9.17) is 0 Å². The highest BCUT2D eigenvalue weighted by atomic mass is 15.0. The third-order valence-electron chi connectivity index (χ3n) is 3.85. The molecule has 3 rings (SSSR count). The quantitative estimate of drug-likeness (QED) is 0.766. The molecule has 0 saturated heterocycles. The van der Waals surface area contributed by atoms with Gasteiger partial charge in [-0.1, -0.05) is 48.5 Å². The summed E-state index contributed by atoms with van der Waals surface area (Å²) in [6, 6.07) is 24.4. The third-order valence-corrected chi connectivity index (χ3v) is 3.85. The van der Waals surface area contributed by atoms with Gasteiger partial charge in [-0.2, -0.15) is 5.26 Å². The molecule has 0 radical (unpaired) electrons. The van der Waals surface area contributed by atoms with E-state index in [1.165, 1.54) is 5.56 Å². The van der Waals surface area contributed by atoms with Crippen LogP contribution >= 0.6 is 0 Å². The van der Waals surface area contributed by atoms with Crippen LogP contribution in [0, 0.1) is 11.3 Å². The number of nitrogens with zero attached hydrogens (tertiary/aromatic N) is 2. The van der Waals surface area contributed by atoms with E-state index in [2.05, 4.69) is 40.6 Å². The Hall–Kier alpha value is -3.12. The smallest absolute Gasteiger partial charge is 0.149 e. The van der Waals surface area contributed by atoms with Crippen LogP contribution in [-0.2, 0) is 5.54 Å². The standard InChI is InChI=1S/C20H17N3/c1-20(15-21,18-8-5-13-22-14-18)23-19-11-9-17(10-12-19)16-6-3-2-4-7-16/h2-14,23H,1H3. The molecule has 3 heteroatoms. The van der Waals surface area contributed by atoms with Crippen molar-refractivity contribution in [3.63, 3.8) is 0 Å². The van der Waals surface area contributed by atoms with Crippen LogP contribution < -0.4 is 5.32 Å². The van der Waals surface area contributed by atoms with Gasteiger partial charge in [0.1, 0.15) is 5.54 Å². The van der Waals surface area contributed by atoms with Gasteiger partial charge >= 0.3 is 0 Å². The van der Waals surface area contributed by atoms with E-state index in [9.17, 15) is 5.26 Å². The van der Waals surface area contributed by atoms with Crippen molar-refractivity contribution in [1.29, 1.82) is 5.26 Å². The van der Waals surface area contributed by atoms with Crippen LogP contribution in [0.1, 0.15) is 12.5 Å². The zero-order valence-corrected chi connectivity index (χ0v) is 12.9. The maximum atomic E-state index is 9.59. The molecule has 0 amide bonds. The van der Waals surface area contributed by atoms with Gasteiger partial charge < -0.3 is 5.32 Å². The molecule has 0 aliphatic heterocycles. The summed E-state index contributed by atoms with van der Waals surface area (Å²) in [5.74, 6) is 0. The van der Waals surface area contributed by atoms with Gasteiger partial charge in [-0.25, -0.2) is 0 Å². The van der Waals surface area contributed by atoms with Crippen molar-refractivity contribution in [2.45, 2.75) is 12.5 Å². The Labute approximate surface area is 136 Å². The molecule has 3 nitrogen and oxygen atoms in total. The van der Waals surface area contributed by atoms with Gasteiger partial charge in [0.05, 0.1) is 6.07 Å². The first-order valence-corrected chi connectivity index (χ1v) is 7.47. The summed E-state index contributed by atoms with van der Waals surface area (Å²) in [6.45, 7) is 1.86. The monoisotopic (exact) mass is 299 g/mol. The molecule has 0 bridgehead atoms. The van der Waals surface area contributed by atoms with E-state index in [1.54, 1.807) is 12.4 Å². The first-order valence-electron chi connectivity index (χ1n) is 7.47. The van der Waals surface area contributed by atoms with Gasteiger partial charge in [-0.15, -0.1) is 0 Å². The zero-order valence-electron chi connectivity index (χ0n) is 12.9. The van der Waals surface area contributed by atoms with Gasteiger partial charge in [-0.05, 0) is 36.2 Å². The average molecular weight is 299 g/mol. The molecule has 2 aromatic carbocycles. The molecule has 0 aliphatic carbocycles. The van der Waals surface area contributed by atoms with Crippen molar-refractivity contribution < 1.29 is 0 Å². The van der Waals surface area contributed by atoms with Crippen molar-refractivity contribution in [2.75, 3.05) is 5.32 Å². The van der Waals surface area contributed by atoms with Crippen molar-refractivity contribution in [1.82, 2.24) is 4.98 Å². The average Bonchev–Trinajstić information content (AvgIpc) is 2.64. The minimum absolute atomic E-state index is 0.817. The van der Waals surface area contributed by atoms with E-state index in [-0.39, 0.29) is 0 Å². The molecule has 1 N–H and O–H groups in total. The highest BCUT2D eigenvalue weighted by Crippen LogP contribution is 2.27. The van der Waals surface area contributed by atoms with E-state index < -0.39 is 5.54 Å². The number of aromatic nitrogens is 1. The fraction of sp³-hybridized carbons (Fsp3) is 0.100. The maximum absolute atomic E-state index is 9.59. The number of nitrogens with one attached hydrogen (secondary N) is 1. The van der Waals surface area contributed by atoms with E-state index in [1.807, 2.05) is 49.4 Å². The van der Waals surface area contributed by atoms with Crippen molar-refractivity contribution >= 4 is 5.69 Å². The molecule has 0 fully saturated rings. The number of rotatable bonds is 4. The van der Waals surface area contributed by atoms with Crippen LogP contribution in [0.4, 0.5) is 5.69 Å². The zero-order chi connectivity index (χ0) is 16.1. The van der Waals surface area contributed by atoms with Gasteiger partial charge in [0.25, 0.3) is 0 Å². The summed E-state index contributed by atoms with van der Waals surface area (Å²) >= 11 is 0. The lowest BCUT2D eigenvalue weighted by molar-refractivity contribution is 0.702. The summed E-state index contributed by atoms with van der Waals surface area (Å²) < 4.78 is 0. The SMILES string of the molecule is CC(C#N)(Nc1ccc(-c2ccccc2)cc1)c1cccnc1. The first-order chi connectivity index (χ1) is 11.2. The summed E-state index contributed by atoms with van der Waals surface area (Å²) in [5, 5.41) is 12.9. The molecule has 1 heterocycles.